The Labute approximate surface area is 145 Å². The molecule has 0 bridgehead atoms. The molecule has 3 rings (SSSR count). The van der Waals surface area contributed by atoms with Crippen LogP contribution in [-0.4, -0.2) is 34.8 Å². The number of nitrogens with one attached hydrogen (secondary N) is 1. The summed E-state index contributed by atoms with van der Waals surface area (Å²) in [5.74, 6) is -0.216. The van der Waals surface area contributed by atoms with Crippen molar-refractivity contribution in [2.24, 2.45) is 0 Å². The number of rotatable bonds is 4. The summed E-state index contributed by atoms with van der Waals surface area (Å²) in [5.41, 5.74) is 5.58. The Morgan fingerprint density at radius 3 is 2.38 bits per heavy atom. The van der Waals surface area contributed by atoms with Crippen molar-refractivity contribution < 1.29 is 4.79 Å². The third-order valence-electron chi connectivity index (χ3n) is 3.42. The maximum absolute atomic E-state index is 12.5. The summed E-state index contributed by atoms with van der Waals surface area (Å²) in [6, 6.07) is 16.9. The second kappa shape index (κ2) is 6.86. The monoisotopic (exact) mass is 340 g/mol. The van der Waals surface area contributed by atoms with Gasteiger partial charge in [0, 0.05) is 30.9 Å². The number of aromatic nitrogens is 2. The van der Waals surface area contributed by atoms with E-state index in [9.17, 15) is 4.79 Å². The number of benzene rings is 2. The van der Waals surface area contributed by atoms with Gasteiger partial charge in [-0.25, -0.2) is 9.69 Å². The first-order valence-electron chi connectivity index (χ1n) is 7.44. The first-order valence-corrected chi connectivity index (χ1v) is 7.82. The fraction of sp³-hybridized carbons (Fsp3) is 0.111. The summed E-state index contributed by atoms with van der Waals surface area (Å²) in [4.78, 5) is 12.5. The van der Waals surface area contributed by atoms with Crippen LogP contribution < -0.4 is 5.43 Å². The van der Waals surface area contributed by atoms with Crippen molar-refractivity contribution in [3.8, 4) is 16.9 Å². The minimum Gasteiger partial charge on any atom is -0.285 e. The van der Waals surface area contributed by atoms with Gasteiger partial charge in [-0.3, -0.25) is 10.2 Å². The second-order valence-electron chi connectivity index (χ2n) is 5.51. The van der Waals surface area contributed by atoms with Crippen molar-refractivity contribution in [2.75, 3.05) is 14.1 Å². The van der Waals surface area contributed by atoms with E-state index in [2.05, 4.69) is 10.5 Å². The Balaban J connectivity index is 2.09. The normalized spacial score (nSPS) is 10.8. The highest BCUT2D eigenvalue weighted by atomic mass is 35.5. The third-order valence-corrected chi connectivity index (χ3v) is 3.67. The Morgan fingerprint density at radius 2 is 1.75 bits per heavy atom. The predicted octanol–water partition coefficient (Wildman–Crippen LogP) is 3.40. The fourth-order valence-corrected chi connectivity index (χ4v) is 2.46. The van der Waals surface area contributed by atoms with Crippen molar-refractivity contribution in [3.05, 3.63) is 71.4 Å². The van der Waals surface area contributed by atoms with Gasteiger partial charge >= 0.3 is 0 Å². The van der Waals surface area contributed by atoms with Crippen LogP contribution in [0.1, 0.15) is 10.4 Å². The molecule has 1 aromatic heterocycles. The van der Waals surface area contributed by atoms with E-state index in [4.69, 9.17) is 11.6 Å². The summed E-state index contributed by atoms with van der Waals surface area (Å²) < 4.78 is 1.70. The van der Waals surface area contributed by atoms with Gasteiger partial charge in [-0.15, -0.1) is 0 Å². The van der Waals surface area contributed by atoms with Gasteiger partial charge in [-0.2, -0.15) is 5.10 Å². The molecule has 1 N–H and O–H groups in total. The van der Waals surface area contributed by atoms with Gasteiger partial charge in [-0.1, -0.05) is 41.9 Å². The zero-order chi connectivity index (χ0) is 17.1. The van der Waals surface area contributed by atoms with E-state index < -0.39 is 0 Å². The molecule has 0 unspecified atom stereocenters. The summed E-state index contributed by atoms with van der Waals surface area (Å²) >= 11 is 5.96. The van der Waals surface area contributed by atoms with Crippen LogP contribution in [0.4, 0.5) is 0 Å². The summed E-state index contributed by atoms with van der Waals surface area (Å²) in [7, 11) is 3.53. The molecule has 5 nitrogen and oxygen atoms in total. The third kappa shape index (κ3) is 3.48. The summed E-state index contributed by atoms with van der Waals surface area (Å²) in [6.07, 6.45) is 1.73. The highest BCUT2D eigenvalue weighted by Gasteiger charge is 2.19. The Hall–Kier alpha value is -2.63. The molecule has 0 saturated heterocycles. The van der Waals surface area contributed by atoms with E-state index in [0.29, 0.717) is 16.3 Å². The van der Waals surface area contributed by atoms with Crippen molar-refractivity contribution >= 4 is 17.5 Å². The summed E-state index contributed by atoms with van der Waals surface area (Å²) in [5, 5.41) is 6.85. The van der Waals surface area contributed by atoms with Crippen molar-refractivity contribution in [3.63, 3.8) is 0 Å². The summed E-state index contributed by atoms with van der Waals surface area (Å²) in [6.45, 7) is 0. The number of hydrogen-bond donors (Lipinski definition) is 1. The van der Waals surface area contributed by atoms with E-state index in [1.165, 1.54) is 0 Å². The highest BCUT2D eigenvalue weighted by Crippen LogP contribution is 2.25. The van der Waals surface area contributed by atoms with Crippen molar-refractivity contribution in [1.82, 2.24) is 20.2 Å². The molecule has 6 heteroatoms. The van der Waals surface area contributed by atoms with Gasteiger partial charge < -0.3 is 0 Å². The zero-order valence-corrected chi connectivity index (χ0v) is 14.2. The van der Waals surface area contributed by atoms with Crippen molar-refractivity contribution in [2.45, 2.75) is 0 Å². The number of para-hydroxylation sites is 1. The van der Waals surface area contributed by atoms with Crippen LogP contribution >= 0.6 is 11.6 Å². The Kier molecular flexibility index (Phi) is 4.64. The van der Waals surface area contributed by atoms with Gasteiger partial charge in [0.1, 0.15) is 5.69 Å². The minimum absolute atomic E-state index is 0.216. The van der Waals surface area contributed by atoms with Gasteiger partial charge in [-0.05, 0) is 24.3 Å². The fourth-order valence-electron chi connectivity index (χ4n) is 2.34. The molecule has 0 aliphatic heterocycles. The van der Waals surface area contributed by atoms with Crippen LogP contribution in [0.3, 0.4) is 0 Å². The number of hydrazine groups is 1. The molecule has 0 radical (unpaired) electrons. The van der Waals surface area contributed by atoms with Crippen LogP contribution in [0.25, 0.3) is 16.9 Å². The van der Waals surface area contributed by atoms with Gasteiger partial charge in [0.25, 0.3) is 5.91 Å². The molecule has 0 aliphatic carbocycles. The maximum Gasteiger partial charge on any atom is 0.269 e. The molecule has 3 aromatic rings. The van der Waals surface area contributed by atoms with E-state index >= 15 is 0 Å². The van der Waals surface area contributed by atoms with E-state index in [1.54, 1.807) is 42.1 Å². The van der Waals surface area contributed by atoms with E-state index in [-0.39, 0.29) is 5.91 Å². The molecule has 1 amide bonds. The lowest BCUT2D eigenvalue weighted by molar-refractivity contribution is 0.0857. The lowest BCUT2D eigenvalue weighted by Gasteiger charge is -2.11. The quantitative estimate of drug-likeness (QED) is 0.740. The molecular weight excluding hydrogens is 324 g/mol. The zero-order valence-electron chi connectivity index (χ0n) is 13.4. The standard InChI is InChI=1S/C18H17ClN4O/c1-22(2)21-18(24)16-12-23(15-6-4-3-5-7-15)20-17(16)13-8-10-14(19)11-9-13/h3-12H,1-2H3,(H,21,24). The highest BCUT2D eigenvalue weighted by molar-refractivity contribution is 6.30. The molecule has 122 valence electrons. The molecule has 2 aromatic carbocycles. The molecule has 0 aliphatic rings. The predicted molar refractivity (Wildman–Crippen MR) is 95.2 cm³/mol. The van der Waals surface area contributed by atoms with Crippen LogP contribution in [-0.2, 0) is 0 Å². The van der Waals surface area contributed by atoms with Gasteiger partial charge in [0.15, 0.2) is 0 Å². The Morgan fingerprint density at radius 1 is 1.08 bits per heavy atom. The number of nitrogens with zero attached hydrogens (tertiary/aromatic N) is 3. The largest absolute Gasteiger partial charge is 0.285 e. The molecule has 1 heterocycles. The average molecular weight is 341 g/mol. The average Bonchev–Trinajstić information content (AvgIpc) is 3.01. The maximum atomic E-state index is 12.5. The first kappa shape index (κ1) is 16.2. The molecule has 0 atom stereocenters. The molecule has 0 spiro atoms. The number of hydrogen-bond acceptors (Lipinski definition) is 3. The number of amides is 1. The minimum atomic E-state index is -0.216. The van der Waals surface area contributed by atoms with Gasteiger partial charge in [0.05, 0.1) is 11.3 Å². The number of carbonyl (C=O) groups is 1. The lowest BCUT2D eigenvalue weighted by atomic mass is 10.1. The van der Waals surface area contributed by atoms with E-state index in [1.807, 2.05) is 42.5 Å². The van der Waals surface area contributed by atoms with Crippen LogP contribution in [0, 0.1) is 0 Å². The van der Waals surface area contributed by atoms with Gasteiger partial charge in [0.2, 0.25) is 0 Å². The van der Waals surface area contributed by atoms with Crippen LogP contribution in [0.15, 0.2) is 60.8 Å². The Bertz CT molecular complexity index is 841. The first-order chi connectivity index (χ1) is 11.5. The molecular formula is C18H17ClN4O. The van der Waals surface area contributed by atoms with Crippen LogP contribution in [0.2, 0.25) is 5.02 Å². The lowest BCUT2D eigenvalue weighted by Crippen LogP contribution is -2.36. The smallest absolute Gasteiger partial charge is 0.269 e. The SMILES string of the molecule is CN(C)NC(=O)c1cn(-c2ccccc2)nc1-c1ccc(Cl)cc1. The topological polar surface area (TPSA) is 50.2 Å². The van der Waals surface area contributed by atoms with Crippen molar-refractivity contribution in [1.29, 1.82) is 0 Å². The molecule has 0 saturated carbocycles. The van der Waals surface area contributed by atoms with E-state index in [0.717, 1.165) is 11.3 Å². The number of carbonyl (C=O) groups excluding carboxylic acids is 1. The molecule has 24 heavy (non-hydrogen) atoms. The van der Waals surface area contributed by atoms with Crippen LogP contribution in [0.5, 0.6) is 0 Å². The second-order valence-corrected chi connectivity index (χ2v) is 5.95. The molecule has 0 fully saturated rings. The number of halogens is 1.